The Morgan fingerprint density at radius 2 is 1.76 bits per heavy atom. The fourth-order valence-corrected chi connectivity index (χ4v) is 5.38. The van der Waals surface area contributed by atoms with Gasteiger partial charge in [-0.25, -0.2) is 13.9 Å². The molecule has 1 aliphatic heterocycles. The largest absolute Gasteiger partial charge is 0.497 e. The molecule has 0 aromatic heterocycles. The van der Waals surface area contributed by atoms with Crippen molar-refractivity contribution in [1.82, 2.24) is 9.79 Å². The van der Waals surface area contributed by atoms with E-state index < -0.39 is 28.0 Å². The van der Waals surface area contributed by atoms with Crippen molar-refractivity contribution in [2.75, 3.05) is 7.11 Å². The first-order chi connectivity index (χ1) is 14.0. The van der Waals surface area contributed by atoms with Crippen LogP contribution < -0.4 is 10.2 Å². The number of hydrogen-bond acceptors (Lipinski definition) is 5. The van der Waals surface area contributed by atoms with E-state index in [2.05, 4.69) is 12.1 Å². The molecule has 7 nitrogen and oxygen atoms in total. The second kappa shape index (κ2) is 9.39. The van der Waals surface area contributed by atoms with Gasteiger partial charge in [0.2, 0.25) is 10.0 Å². The van der Waals surface area contributed by atoms with Crippen molar-refractivity contribution in [3.05, 3.63) is 60.2 Å². The van der Waals surface area contributed by atoms with Crippen LogP contribution in [0.3, 0.4) is 0 Å². The number of carbonyl (C=O) groups is 1. The SMILES string of the molecule is COc1ccc(S(=O)(=O)N2[C@@H](CCCCCc3ccccc3)[C@@H]2C(=O)NO)cc1. The van der Waals surface area contributed by atoms with Gasteiger partial charge in [0.25, 0.3) is 5.91 Å². The van der Waals surface area contributed by atoms with E-state index in [0.717, 1.165) is 25.7 Å². The Hall–Kier alpha value is -2.42. The fraction of sp³-hybridized carbons (Fsp3) is 0.381. The monoisotopic (exact) mass is 418 g/mol. The van der Waals surface area contributed by atoms with E-state index in [0.29, 0.717) is 12.2 Å². The van der Waals surface area contributed by atoms with Crippen molar-refractivity contribution in [3.63, 3.8) is 0 Å². The third kappa shape index (κ3) is 4.95. The van der Waals surface area contributed by atoms with E-state index in [1.807, 2.05) is 18.2 Å². The first-order valence-electron chi connectivity index (χ1n) is 9.64. The maximum absolute atomic E-state index is 12.9. The molecule has 3 atom stereocenters. The lowest BCUT2D eigenvalue weighted by Crippen LogP contribution is -2.28. The van der Waals surface area contributed by atoms with E-state index >= 15 is 0 Å². The summed E-state index contributed by atoms with van der Waals surface area (Å²) in [5.41, 5.74) is 2.86. The van der Waals surface area contributed by atoms with Crippen molar-refractivity contribution in [2.24, 2.45) is 0 Å². The molecule has 2 aromatic rings. The van der Waals surface area contributed by atoms with Crippen LogP contribution in [0.1, 0.15) is 31.2 Å². The Morgan fingerprint density at radius 1 is 1.07 bits per heavy atom. The van der Waals surface area contributed by atoms with Gasteiger partial charge in [0, 0.05) is 0 Å². The van der Waals surface area contributed by atoms with Gasteiger partial charge in [0.1, 0.15) is 11.8 Å². The lowest BCUT2D eigenvalue weighted by Gasteiger charge is -2.08. The minimum Gasteiger partial charge on any atom is -0.497 e. The van der Waals surface area contributed by atoms with Crippen molar-refractivity contribution < 1.29 is 23.2 Å². The number of benzene rings is 2. The van der Waals surface area contributed by atoms with Gasteiger partial charge < -0.3 is 4.74 Å². The topological polar surface area (TPSA) is 95.7 Å². The van der Waals surface area contributed by atoms with Crippen LogP contribution in [0.2, 0.25) is 0 Å². The molecular formula is C21H26N2O5S. The first kappa shape index (κ1) is 21.3. The van der Waals surface area contributed by atoms with Gasteiger partial charge in [0.05, 0.1) is 18.0 Å². The molecule has 0 saturated carbocycles. The maximum atomic E-state index is 12.9. The van der Waals surface area contributed by atoms with Crippen molar-refractivity contribution >= 4 is 15.9 Å². The predicted octanol–water partition coefficient (Wildman–Crippen LogP) is 2.75. The number of carbonyl (C=O) groups excluding carboxylic acids is 1. The Bertz CT molecular complexity index is 916. The van der Waals surface area contributed by atoms with Gasteiger partial charge in [-0.05, 0) is 49.1 Å². The number of aryl methyl sites for hydroxylation is 1. The molecule has 8 heteroatoms. The number of nitrogens with zero attached hydrogens (tertiary/aromatic N) is 1. The first-order valence-corrected chi connectivity index (χ1v) is 11.1. The zero-order valence-electron chi connectivity index (χ0n) is 16.3. The predicted molar refractivity (Wildman–Crippen MR) is 108 cm³/mol. The van der Waals surface area contributed by atoms with E-state index in [9.17, 15) is 13.2 Å². The summed E-state index contributed by atoms with van der Waals surface area (Å²) in [6.45, 7) is 0. The Labute approximate surface area is 171 Å². The molecule has 1 saturated heterocycles. The number of amides is 1. The van der Waals surface area contributed by atoms with Crippen LogP contribution in [0.15, 0.2) is 59.5 Å². The lowest BCUT2D eigenvalue weighted by atomic mass is 10.0. The molecule has 2 N–H and O–H groups in total. The number of rotatable bonds is 10. The van der Waals surface area contributed by atoms with Crippen molar-refractivity contribution in [2.45, 2.75) is 49.1 Å². The molecule has 2 aromatic carbocycles. The fourth-order valence-electron chi connectivity index (χ4n) is 3.60. The number of hydroxylamine groups is 1. The average molecular weight is 419 g/mol. The van der Waals surface area contributed by atoms with Gasteiger partial charge in [-0.1, -0.05) is 43.2 Å². The summed E-state index contributed by atoms with van der Waals surface area (Å²) in [6, 6.07) is 14.9. The molecule has 1 fully saturated rings. The average Bonchev–Trinajstić information content (AvgIpc) is 3.49. The molecule has 0 aliphatic carbocycles. The Balaban J connectivity index is 1.58. The molecule has 0 bridgehead atoms. The third-order valence-electron chi connectivity index (χ3n) is 5.20. The van der Waals surface area contributed by atoms with E-state index in [-0.39, 0.29) is 4.90 Å². The highest BCUT2D eigenvalue weighted by atomic mass is 32.2. The van der Waals surface area contributed by atoms with Crippen LogP contribution in [0.4, 0.5) is 0 Å². The molecule has 1 aliphatic rings. The molecule has 1 amide bonds. The Morgan fingerprint density at radius 3 is 2.38 bits per heavy atom. The number of ether oxygens (including phenoxy) is 1. The maximum Gasteiger partial charge on any atom is 0.263 e. The highest BCUT2D eigenvalue weighted by Crippen LogP contribution is 2.39. The normalized spacial score (nSPS) is 20.8. The standard InChI is InChI=1S/C21H26N2O5S/c1-28-17-12-14-18(15-13-17)29(26,27)23-19(20(23)21(24)22-25)11-7-3-6-10-16-8-4-2-5-9-16/h2,4-5,8-9,12-15,19-20,25H,3,6-7,10-11H2,1H3,(H,22,24)/t19-,20+,23?/m0/s1. The number of hydrogen-bond donors (Lipinski definition) is 2. The minimum absolute atomic E-state index is 0.0978. The smallest absolute Gasteiger partial charge is 0.263 e. The molecule has 3 rings (SSSR count). The summed E-state index contributed by atoms with van der Waals surface area (Å²) in [7, 11) is -2.32. The lowest BCUT2D eigenvalue weighted by molar-refractivity contribution is -0.129. The van der Waals surface area contributed by atoms with Crippen molar-refractivity contribution in [1.29, 1.82) is 0 Å². The van der Waals surface area contributed by atoms with Crippen LogP contribution in [-0.4, -0.2) is 43.0 Å². The third-order valence-corrected chi connectivity index (χ3v) is 7.12. The molecule has 0 spiro atoms. The zero-order chi connectivity index (χ0) is 20.9. The molecular weight excluding hydrogens is 392 g/mol. The quantitative estimate of drug-likeness (QED) is 0.268. The van der Waals surface area contributed by atoms with E-state index in [1.54, 1.807) is 17.6 Å². The number of unbranched alkanes of at least 4 members (excludes halogenated alkanes) is 2. The second-order valence-corrected chi connectivity index (χ2v) is 8.93. The summed E-state index contributed by atoms with van der Waals surface area (Å²) in [5, 5.41) is 8.98. The number of nitrogens with one attached hydrogen (secondary N) is 1. The molecule has 29 heavy (non-hydrogen) atoms. The summed E-state index contributed by atoms with van der Waals surface area (Å²) in [6.07, 6.45) is 4.29. The molecule has 156 valence electrons. The molecule has 1 unspecified atom stereocenters. The highest BCUT2D eigenvalue weighted by Gasteiger charge is 2.59. The molecule has 0 radical (unpaired) electrons. The van der Waals surface area contributed by atoms with Gasteiger partial charge in [-0.15, -0.1) is 0 Å². The zero-order valence-corrected chi connectivity index (χ0v) is 17.1. The number of sulfonamides is 1. The van der Waals surface area contributed by atoms with Crippen LogP contribution >= 0.6 is 0 Å². The highest BCUT2D eigenvalue weighted by molar-refractivity contribution is 7.89. The minimum atomic E-state index is -3.82. The van der Waals surface area contributed by atoms with Gasteiger partial charge >= 0.3 is 0 Å². The van der Waals surface area contributed by atoms with E-state index in [1.165, 1.54) is 29.1 Å². The van der Waals surface area contributed by atoms with Gasteiger partial charge in [0.15, 0.2) is 0 Å². The second-order valence-electron chi connectivity index (χ2n) is 7.08. The van der Waals surface area contributed by atoms with E-state index in [4.69, 9.17) is 9.94 Å². The van der Waals surface area contributed by atoms with Crippen molar-refractivity contribution in [3.8, 4) is 5.75 Å². The summed E-state index contributed by atoms with van der Waals surface area (Å²) in [4.78, 5) is 12.1. The van der Waals surface area contributed by atoms with Crippen LogP contribution in [0.5, 0.6) is 5.75 Å². The summed E-state index contributed by atoms with van der Waals surface area (Å²) < 4.78 is 32.1. The van der Waals surface area contributed by atoms with Crippen LogP contribution in [-0.2, 0) is 21.2 Å². The van der Waals surface area contributed by atoms with Crippen LogP contribution in [0, 0.1) is 0 Å². The number of methoxy groups -OCH3 is 1. The van der Waals surface area contributed by atoms with Gasteiger partial charge in [-0.3, -0.25) is 10.0 Å². The van der Waals surface area contributed by atoms with Gasteiger partial charge in [-0.2, -0.15) is 4.31 Å². The van der Waals surface area contributed by atoms with Crippen LogP contribution in [0.25, 0.3) is 0 Å². The summed E-state index contributed by atoms with van der Waals surface area (Å²) in [5.74, 6) is -0.147. The summed E-state index contributed by atoms with van der Waals surface area (Å²) >= 11 is 0. The Kier molecular flexibility index (Phi) is 6.89. The molecule has 1 heterocycles.